The van der Waals surface area contributed by atoms with Gasteiger partial charge in [0.2, 0.25) is 0 Å². The highest BCUT2D eigenvalue weighted by molar-refractivity contribution is 6.30. The van der Waals surface area contributed by atoms with E-state index in [0.29, 0.717) is 17.3 Å². The maximum absolute atomic E-state index is 11.8. The molecule has 2 rings (SSSR count). The molecule has 0 radical (unpaired) electrons. The molecule has 1 N–H and O–H groups in total. The molecule has 0 aliphatic carbocycles. The van der Waals surface area contributed by atoms with Crippen molar-refractivity contribution in [1.29, 1.82) is 0 Å². The van der Waals surface area contributed by atoms with E-state index >= 15 is 0 Å². The summed E-state index contributed by atoms with van der Waals surface area (Å²) in [6, 6.07) is 12.7. The molecule has 116 valence electrons. The minimum atomic E-state index is -0.177. The molecule has 1 amide bonds. The number of rotatable bonds is 6. The van der Waals surface area contributed by atoms with Crippen molar-refractivity contribution >= 4 is 17.5 Å². The van der Waals surface area contributed by atoms with Gasteiger partial charge in [0.05, 0.1) is 7.11 Å². The van der Waals surface area contributed by atoms with Crippen molar-refractivity contribution < 1.29 is 14.3 Å². The first-order valence-electron chi connectivity index (χ1n) is 6.87. The summed E-state index contributed by atoms with van der Waals surface area (Å²) in [5.74, 6) is 1.27. The maximum atomic E-state index is 11.8. The van der Waals surface area contributed by atoms with E-state index in [0.717, 1.165) is 16.9 Å². The summed E-state index contributed by atoms with van der Waals surface area (Å²) in [4.78, 5) is 11.8. The third-order valence-electron chi connectivity index (χ3n) is 3.13. The van der Waals surface area contributed by atoms with Gasteiger partial charge in [-0.05, 0) is 48.4 Å². The third kappa shape index (κ3) is 4.67. The number of aryl methyl sites for hydroxylation is 1. The van der Waals surface area contributed by atoms with E-state index in [9.17, 15) is 4.79 Å². The summed E-state index contributed by atoms with van der Waals surface area (Å²) in [6.07, 6.45) is 0. The number of amides is 1. The first-order chi connectivity index (χ1) is 10.6. The largest absolute Gasteiger partial charge is 0.496 e. The average Bonchev–Trinajstić information content (AvgIpc) is 2.52. The standard InChI is InChI=1S/C17H18ClNO3/c1-12-9-13(3-8-16(12)21-2)10-19-17(20)11-22-15-6-4-14(18)5-7-15/h3-9H,10-11H2,1-2H3,(H,19,20). The number of carbonyl (C=O) groups excluding carboxylic acids is 1. The molecule has 0 atom stereocenters. The molecule has 0 bridgehead atoms. The van der Waals surface area contributed by atoms with E-state index in [2.05, 4.69) is 5.32 Å². The number of methoxy groups -OCH3 is 1. The van der Waals surface area contributed by atoms with E-state index in [1.165, 1.54) is 0 Å². The fourth-order valence-electron chi connectivity index (χ4n) is 1.98. The van der Waals surface area contributed by atoms with Crippen LogP contribution in [0.1, 0.15) is 11.1 Å². The number of ether oxygens (including phenoxy) is 2. The van der Waals surface area contributed by atoms with E-state index < -0.39 is 0 Å². The van der Waals surface area contributed by atoms with Gasteiger partial charge in [0.1, 0.15) is 11.5 Å². The number of benzene rings is 2. The van der Waals surface area contributed by atoms with Gasteiger partial charge in [-0.25, -0.2) is 0 Å². The Morgan fingerprint density at radius 1 is 1.18 bits per heavy atom. The Morgan fingerprint density at radius 2 is 1.91 bits per heavy atom. The molecule has 22 heavy (non-hydrogen) atoms. The fraction of sp³-hybridized carbons (Fsp3) is 0.235. The predicted octanol–water partition coefficient (Wildman–Crippen LogP) is 3.35. The van der Waals surface area contributed by atoms with Crippen LogP contribution in [0.25, 0.3) is 0 Å². The van der Waals surface area contributed by atoms with Crippen LogP contribution in [0.4, 0.5) is 0 Å². The normalized spacial score (nSPS) is 10.1. The van der Waals surface area contributed by atoms with Crippen molar-refractivity contribution in [3.05, 3.63) is 58.6 Å². The zero-order chi connectivity index (χ0) is 15.9. The Bertz CT molecular complexity index is 641. The van der Waals surface area contributed by atoms with Gasteiger partial charge in [-0.1, -0.05) is 23.7 Å². The molecule has 0 aliphatic heterocycles. The van der Waals surface area contributed by atoms with E-state index in [1.807, 2.05) is 25.1 Å². The van der Waals surface area contributed by atoms with Gasteiger partial charge < -0.3 is 14.8 Å². The lowest BCUT2D eigenvalue weighted by atomic mass is 10.1. The van der Waals surface area contributed by atoms with E-state index in [-0.39, 0.29) is 12.5 Å². The van der Waals surface area contributed by atoms with Gasteiger partial charge in [0.25, 0.3) is 5.91 Å². The summed E-state index contributed by atoms with van der Waals surface area (Å²) in [5, 5.41) is 3.45. The molecular weight excluding hydrogens is 302 g/mol. The zero-order valence-electron chi connectivity index (χ0n) is 12.6. The SMILES string of the molecule is COc1ccc(CNC(=O)COc2ccc(Cl)cc2)cc1C. The summed E-state index contributed by atoms with van der Waals surface area (Å²) in [5.41, 5.74) is 2.05. The Hall–Kier alpha value is -2.20. The van der Waals surface area contributed by atoms with Gasteiger partial charge in [-0.2, -0.15) is 0 Å². The highest BCUT2D eigenvalue weighted by Gasteiger charge is 2.04. The molecule has 4 nitrogen and oxygen atoms in total. The van der Waals surface area contributed by atoms with Crippen LogP contribution in [0.3, 0.4) is 0 Å². The molecule has 5 heteroatoms. The second-order valence-corrected chi connectivity index (χ2v) is 5.26. The van der Waals surface area contributed by atoms with Crippen LogP contribution in [0.15, 0.2) is 42.5 Å². The van der Waals surface area contributed by atoms with Crippen LogP contribution in [-0.2, 0) is 11.3 Å². The monoisotopic (exact) mass is 319 g/mol. The van der Waals surface area contributed by atoms with Gasteiger partial charge in [0.15, 0.2) is 6.61 Å². The Morgan fingerprint density at radius 3 is 2.55 bits per heavy atom. The Kier molecular flexibility index (Phi) is 5.67. The van der Waals surface area contributed by atoms with Crippen molar-refractivity contribution in [2.45, 2.75) is 13.5 Å². The third-order valence-corrected chi connectivity index (χ3v) is 3.38. The topological polar surface area (TPSA) is 47.6 Å². The van der Waals surface area contributed by atoms with Gasteiger partial charge in [-0.15, -0.1) is 0 Å². The van der Waals surface area contributed by atoms with Crippen LogP contribution in [0.2, 0.25) is 5.02 Å². The van der Waals surface area contributed by atoms with Crippen LogP contribution in [-0.4, -0.2) is 19.6 Å². The van der Waals surface area contributed by atoms with Crippen LogP contribution >= 0.6 is 11.6 Å². The van der Waals surface area contributed by atoms with Crippen LogP contribution < -0.4 is 14.8 Å². The molecule has 0 saturated carbocycles. The molecule has 0 aliphatic rings. The summed E-state index contributed by atoms with van der Waals surface area (Å²) in [7, 11) is 1.64. The van der Waals surface area contributed by atoms with Gasteiger partial charge in [0, 0.05) is 11.6 Å². The number of hydrogen-bond donors (Lipinski definition) is 1. The molecule has 0 spiro atoms. The van der Waals surface area contributed by atoms with Crippen molar-refractivity contribution in [1.82, 2.24) is 5.32 Å². The number of carbonyl (C=O) groups is 1. The smallest absolute Gasteiger partial charge is 0.258 e. The molecule has 0 fully saturated rings. The lowest BCUT2D eigenvalue weighted by Gasteiger charge is -2.09. The summed E-state index contributed by atoms with van der Waals surface area (Å²) < 4.78 is 10.6. The average molecular weight is 320 g/mol. The van der Waals surface area contributed by atoms with Crippen molar-refractivity contribution in [2.75, 3.05) is 13.7 Å². The number of hydrogen-bond acceptors (Lipinski definition) is 3. The van der Waals surface area contributed by atoms with Crippen LogP contribution in [0.5, 0.6) is 11.5 Å². The Labute approximate surface area is 135 Å². The second kappa shape index (κ2) is 7.71. The van der Waals surface area contributed by atoms with Crippen molar-refractivity contribution in [2.24, 2.45) is 0 Å². The van der Waals surface area contributed by atoms with E-state index in [1.54, 1.807) is 31.4 Å². The minimum absolute atomic E-state index is 0.0310. The molecule has 2 aromatic carbocycles. The number of halogens is 1. The predicted molar refractivity (Wildman–Crippen MR) is 86.5 cm³/mol. The molecule has 2 aromatic rings. The van der Waals surface area contributed by atoms with Gasteiger partial charge >= 0.3 is 0 Å². The first-order valence-corrected chi connectivity index (χ1v) is 7.25. The minimum Gasteiger partial charge on any atom is -0.496 e. The molecular formula is C17H18ClNO3. The first kappa shape index (κ1) is 16.2. The maximum Gasteiger partial charge on any atom is 0.258 e. The fourth-order valence-corrected chi connectivity index (χ4v) is 2.11. The highest BCUT2D eigenvalue weighted by Crippen LogP contribution is 2.18. The Balaban J connectivity index is 1.80. The molecule has 0 saturated heterocycles. The summed E-state index contributed by atoms with van der Waals surface area (Å²) >= 11 is 5.78. The number of nitrogens with one attached hydrogen (secondary N) is 1. The summed E-state index contributed by atoms with van der Waals surface area (Å²) in [6.45, 7) is 2.39. The molecule has 0 unspecified atom stereocenters. The van der Waals surface area contributed by atoms with Crippen molar-refractivity contribution in [3.8, 4) is 11.5 Å². The highest BCUT2D eigenvalue weighted by atomic mass is 35.5. The molecule has 0 heterocycles. The zero-order valence-corrected chi connectivity index (χ0v) is 13.3. The van der Waals surface area contributed by atoms with Crippen molar-refractivity contribution in [3.63, 3.8) is 0 Å². The van der Waals surface area contributed by atoms with Gasteiger partial charge in [-0.3, -0.25) is 4.79 Å². The lowest BCUT2D eigenvalue weighted by molar-refractivity contribution is -0.123. The second-order valence-electron chi connectivity index (χ2n) is 4.82. The lowest BCUT2D eigenvalue weighted by Crippen LogP contribution is -2.28. The van der Waals surface area contributed by atoms with E-state index in [4.69, 9.17) is 21.1 Å². The quantitative estimate of drug-likeness (QED) is 0.888. The van der Waals surface area contributed by atoms with Crippen LogP contribution in [0, 0.1) is 6.92 Å². The molecule has 0 aromatic heterocycles.